The summed E-state index contributed by atoms with van der Waals surface area (Å²) in [6, 6.07) is 12.3. The second-order valence-corrected chi connectivity index (χ2v) is 5.01. The summed E-state index contributed by atoms with van der Waals surface area (Å²) in [5.41, 5.74) is 9.51. The van der Waals surface area contributed by atoms with Crippen LogP contribution in [0.1, 0.15) is 21.5 Å². The number of carbonyl (C=O) groups excluding carboxylic acids is 1. The van der Waals surface area contributed by atoms with Crippen molar-refractivity contribution in [2.75, 3.05) is 12.3 Å². The fraction of sp³-hybridized carbons (Fsp3) is 0.188. The van der Waals surface area contributed by atoms with Crippen LogP contribution < -0.4 is 5.73 Å². The van der Waals surface area contributed by atoms with Crippen LogP contribution >= 0.6 is 0 Å². The minimum absolute atomic E-state index is 0.0611. The molecule has 0 radical (unpaired) electrons. The number of amides is 1. The van der Waals surface area contributed by atoms with E-state index in [9.17, 15) is 9.90 Å². The zero-order valence-electron chi connectivity index (χ0n) is 11.0. The van der Waals surface area contributed by atoms with Gasteiger partial charge in [-0.1, -0.05) is 18.2 Å². The first-order chi connectivity index (χ1) is 9.65. The molecule has 0 atom stereocenters. The SMILES string of the molecule is Nc1cccc2c1CCN(C(=O)c1cccc(O)c1)C2. The van der Waals surface area contributed by atoms with Gasteiger partial charge in [-0.3, -0.25) is 4.79 Å². The number of nitrogens with two attached hydrogens (primary N) is 1. The standard InChI is InChI=1S/C16H16N2O2/c17-15-6-2-4-12-10-18(8-7-14(12)15)16(20)11-3-1-5-13(19)9-11/h1-6,9,19H,7-8,10,17H2. The Kier molecular flexibility index (Phi) is 3.06. The number of hydrogen-bond donors (Lipinski definition) is 2. The lowest BCUT2D eigenvalue weighted by molar-refractivity contribution is 0.0734. The number of phenolic OH excluding ortho intramolecular Hbond substituents is 1. The van der Waals surface area contributed by atoms with Gasteiger partial charge >= 0.3 is 0 Å². The lowest BCUT2D eigenvalue weighted by atomic mass is 9.97. The van der Waals surface area contributed by atoms with Crippen molar-refractivity contribution in [3.8, 4) is 5.75 Å². The maximum atomic E-state index is 12.4. The predicted octanol–water partition coefficient (Wildman–Crippen LogP) is 2.17. The van der Waals surface area contributed by atoms with Crippen LogP contribution in [0.3, 0.4) is 0 Å². The Balaban J connectivity index is 1.85. The number of aromatic hydroxyl groups is 1. The summed E-state index contributed by atoms with van der Waals surface area (Å²) in [5, 5.41) is 9.47. The molecule has 1 aliphatic heterocycles. The zero-order valence-corrected chi connectivity index (χ0v) is 11.0. The van der Waals surface area contributed by atoms with E-state index in [1.807, 2.05) is 18.2 Å². The third-order valence-corrected chi connectivity index (χ3v) is 3.68. The fourth-order valence-electron chi connectivity index (χ4n) is 2.63. The first kappa shape index (κ1) is 12.5. The van der Waals surface area contributed by atoms with Crippen molar-refractivity contribution in [1.29, 1.82) is 0 Å². The van der Waals surface area contributed by atoms with Crippen LogP contribution in [0.25, 0.3) is 0 Å². The van der Waals surface area contributed by atoms with Gasteiger partial charge in [-0.05, 0) is 41.8 Å². The Morgan fingerprint density at radius 1 is 1.20 bits per heavy atom. The van der Waals surface area contributed by atoms with Crippen molar-refractivity contribution < 1.29 is 9.90 Å². The number of hydrogen-bond acceptors (Lipinski definition) is 3. The van der Waals surface area contributed by atoms with Gasteiger partial charge in [-0.25, -0.2) is 0 Å². The summed E-state index contributed by atoms with van der Waals surface area (Å²) in [6.07, 6.45) is 0.770. The number of anilines is 1. The molecule has 2 aromatic carbocycles. The Labute approximate surface area is 117 Å². The molecule has 3 N–H and O–H groups in total. The highest BCUT2D eigenvalue weighted by Crippen LogP contribution is 2.25. The van der Waals surface area contributed by atoms with E-state index in [0.29, 0.717) is 18.7 Å². The summed E-state index contributed by atoms with van der Waals surface area (Å²) in [5.74, 6) is 0.0477. The van der Waals surface area contributed by atoms with E-state index in [2.05, 4.69) is 0 Å². The molecule has 20 heavy (non-hydrogen) atoms. The average Bonchev–Trinajstić information content (AvgIpc) is 2.46. The van der Waals surface area contributed by atoms with E-state index < -0.39 is 0 Å². The van der Waals surface area contributed by atoms with Crippen LogP contribution in [0.5, 0.6) is 5.75 Å². The quantitative estimate of drug-likeness (QED) is 0.779. The van der Waals surface area contributed by atoms with E-state index in [-0.39, 0.29) is 11.7 Å². The second kappa shape index (κ2) is 4.89. The Morgan fingerprint density at radius 3 is 2.80 bits per heavy atom. The first-order valence-electron chi connectivity index (χ1n) is 6.59. The lowest BCUT2D eigenvalue weighted by Crippen LogP contribution is -2.36. The molecule has 0 spiro atoms. The molecule has 0 aliphatic carbocycles. The summed E-state index contributed by atoms with van der Waals surface area (Å²) in [6.45, 7) is 1.21. The Hall–Kier alpha value is -2.49. The van der Waals surface area contributed by atoms with Crippen LogP contribution in [0.4, 0.5) is 5.69 Å². The molecule has 0 bridgehead atoms. The number of nitrogen functional groups attached to an aromatic ring is 1. The van der Waals surface area contributed by atoms with Gasteiger partial charge in [-0.2, -0.15) is 0 Å². The van der Waals surface area contributed by atoms with Gasteiger partial charge in [0.05, 0.1) is 0 Å². The molecular formula is C16H16N2O2. The Morgan fingerprint density at radius 2 is 2.00 bits per heavy atom. The normalized spacial score (nSPS) is 13.9. The number of nitrogens with zero attached hydrogens (tertiary/aromatic N) is 1. The number of carbonyl (C=O) groups is 1. The molecule has 4 nitrogen and oxygen atoms in total. The van der Waals surface area contributed by atoms with E-state index >= 15 is 0 Å². The van der Waals surface area contributed by atoms with Gasteiger partial charge in [0, 0.05) is 24.3 Å². The molecule has 3 rings (SSSR count). The van der Waals surface area contributed by atoms with Crippen molar-refractivity contribution in [1.82, 2.24) is 4.90 Å². The molecule has 0 saturated heterocycles. The van der Waals surface area contributed by atoms with Crippen molar-refractivity contribution in [2.45, 2.75) is 13.0 Å². The van der Waals surface area contributed by atoms with Gasteiger partial charge in [0.25, 0.3) is 5.91 Å². The van der Waals surface area contributed by atoms with Crippen molar-refractivity contribution in [3.05, 3.63) is 59.2 Å². The number of rotatable bonds is 1. The molecule has 4 heteroatoms. The number of benzene rings is 2. The summed E-state index contributed by atoms with van der Waals surface area (Å²) >= 11 is 0. The summed E-state index contributed by atoms with van der Waals surface area (Å²) in [7, 11) is 0. The second-order valence-electron chi connectivity index (χ2n) is 5.01. The topological polar surface area (TPSA) is 66.6 Å². The van der Waals surface area contributed by atoms with E-state index in [0.717, 1.165) is 23.2 Å². The largest absolute Gasteiger partial charge is 0.508 e. The van der Waals surface area contributed by atoms with E-state index in [1.165, 1.54) is 6.07 Å². The lowest BCUT2D eigenvalue weighted by Gasteiger charge is -2.29. The van der Waals surface area contributed by atoms with Crippen LogP contribution in [0.2, 0.25) is 0 Å². The maximum absolute atomic E-state index is 12.4. The van der Waals surface area contributed by atoms with E-state index in [1.54, 1.807) is 23.1 Å². The van der Waals surface area contributed by atoms with Crippen LogP contribution in [0.15, 0.2) is 42.5 Å². The first-order valence-corrected chi connectivity index (χ1v) is 6.59. The molecule has 0 unspecified atom stereocenters. The average molecular weight is 268 g/mol. The molecule has 102 valence electrons. The minimum Gasteiger partial charge on any atom is -0.508 e. The van der Waals surface area contributed by atoms with Crippen molar-refractivity contribution in [3.63, 3.8) is 0 Å². The van der Waals surface area contributed by atoms with Gasteiger partial charge in [0.15, 0.2) is 0 Å². The third kappa shape index (κ3) is 2.20. The van der Waals surface area contributed by atoms with Crippen LogP contribution in [-0.2, 0) is 13.0 Å². The monoisotopic (exact) mass is 268 g/mol. The van der Waals surface area contributed by atoms with Gasteiger partial charge < -0.3 is 15.7 Å². The molecule has 0 aromatic heterocycles. The Bertz CT molecular complexity index is 667. The van der Waals surface area contributed by atoms with Gasteiger partial charge in [0.1, 0.15) is 5.75 Å². The number of phenols is 1. The maximum Gasteiger partial charge on any atom is 0.254 e. The summed E-state index contributed by atoms with van der Waals surface area (Å²) in [4.78, 5) is 14.2. The van der Waals surface area contributed by atoms with Gasteiger partial charge in [-0.15, -0.1) is 0 Å². The zero-order chi connectivity index (χ0) is 14.1. The molecule has 0 saturated carbocycles. The van der Waals surface area contributed by atoms with Gasteiger partial charge in [0.2, 0.25) is 0 Å². The minimum atomic E-state index is -0.0611. The van der Waals surface area contributed by atoms with Crippen LogP contribution in [0, 0.1) is 0 Å². The number of fused-ring (bicyclic) bond motifs is 1. The molecule has 2 aromatic rings. The highest BCUT2D eigenvalue weighted by atomic mass is 16.3. The highest BCUT2D eigenvalue weighted by molar-refractivity contribution is 5.94. The predicted molar refractivity (Wildman–Crippen MR) is 77.4 cm³/mol. The third-order valence-electron chi connectivity index (χ3n) is 3.68. The molecule has 1 amide bonds. The van der Waals surface area contributed by atoms with Crippen LogP contribution in [-0.4, -0.2) is 22.5 Å². The van der Waals surface area contributed by atoms with E-state index in [4.69, 9.17) is 5.73 Å². The molecule has 1 aliphatic rings. The smallest absolute Gasteiger partial charge is 0.254 e. The molecule has 1 heterocycles. The summed E-state index contributed by atoms with van der Waals surface area (Å²) < 4.78 is 0. The van der Waals surface area contributed by atoms with Crippen molar-refractivity contribution >= 4 is 11.6 Å². The fourth-order valence-corrected chi connectivity index (χ4v) is 2.63. The molecule has 0 fully saturated rings. The highest BCUT2D eigenvalue weighted by Gasteiger charge is 2.22. The van der Waals surface area contributed by atoms with Crippen molar-refractivity contribution in [2.24, 2.45) is 0 Å². The molecular weight excluding hydrogens is 252 g/mol.